The van der Waals surface area contributed by atoms with Gasteiger partial charge in [0.05, 0.1) is 11.0 Å². The lowest BCUT2D eigenvalue weighted by Crippen LogP contribution is -2.00. The number of benzene rings is 8. The molecule has 8 aromatic carbocycles. The maximum absolute atomic E-state index is 4.95. The maximum Gasteiger partial charge on any atom is 0.164 e. The predicted molar refractivity (Wildman–Crippen MR) is 234 cm³/mol. The van der Waals surface area contributed by atoms with Crippen LogP contribution in [0.5, 0.6) is 0 Å². The Morgan fingerprint density at radius 2 is 0.768 bits per heavy atom. The minimum atomic E-state index is 0.641. The second-order valence-electron chi connectivity index (χ2n) is 14.1. The predicted octanol–water partition coefficient (Wildman–Crippen LogP) is 13.7. The van der Waals surface area contributed by atoms with Crippen LogP contribution in [0.3, 0.4) is 0 Å². The molecule has 0 fully saturated rings. The fraction of sp³-hybridized carbons (Fsp3) is 0. The number of para-hydroxylation sites is 1. The summed E-state index contributed by atoms with van der Waals surface area (Å²) in [7, 11) is 0. The number of hydrogen-bond acceptors (Lipinski definition) is 4. The highest BCUT2D eigenvalue weighted by molar-refractivity contribution is 7.25. The number of thiophene rings is 1. The Hall–Kier alpha value is -7.21. The first-order valence-electron chi connectivity index (χ1n) is 18.8. The van der Waals surface area contributed by atoms with Gasteiger partial charge in [0.2, 0.25) is 0 Å². The van der Waals surface area contributed by atoms with Crippen LogP contribution in [0.4, 0.5) is 0 Å². The molecule has 0 N–H and O–H groups in total. The van der Waals surface area contributed by atoms with Crippen LogP contribution in [-0.2, 0) is 0 Å². The third-order valence-corrected chi connectivity index (χ3v) is 11.8. The summed E-state index contributed by atoms with van der Waals surface area (Å²) in [5, 5.41) is 5.08. The summed E-state index contributed by atoms with van der Waals surface area (Å²) >= 11 is 1.86. The Morgan fingerprint density at radius 3 is 1.45 bits per heavy atom. The molecule has 56 heavy (non-hydrogen) atoms. The maximum atomic E-state index is 4.95. The Kier molecular flexibility index (Phi) is 7.64. The molecule has 4 nitrogen and oxygen atoms in total. The van der Waals surface area contributed by atoms with Gasteiger partial charge in [0, 0.05) is 53.3 Å². The van der Waals surface area contributed by atoms with E-state index in [2.05, 4.69) is 138 Å². The minimum Gasteiger partial charge on any atom is -0.309 e. The highest BCUT2D eigenvalue weighted by atomic mass is 32.1. The first kappa shape index (κ1) is 32.2. The van der Waals surface area contributed by atoms with E-state index in [9.17, 15) is 0 Å². The molecule has 0 radical (unpaired) electrons. The van der Waals surface area contributed by atoms with Crippen LogP contribution in [0.1, 0.15) is 0 Å². The topological polar surface area (TPSA) is 43.6 Å². The van der Waals surface area contributed by atoms with Crippen molar-refractivity contribution in [2.75, 3.05) is 0 Å². The second-order valence-corrected chi connectivity index (χ2v) is 15.1. The summed E-state index contributed by atoms with van der Waals surface area (Å²) in [4.78, 5) is 14.8. The summed E-state index contributed by atoms with van der Waals surface area (Å²) in [6.45, 7) is 0. The lowest BCUT2D eigenvalue weighted by molar-refractivity contribution is 1.07. The molecule has 0 spiro atoms. The number of fused-ring (bicyclic) bond motifs is 6. The van der Waals surface area contributed by atoms with Crippen molar-refractivity contribution in [3.63, 3.8) is 0 Å². The molecule has 0 atom stereocenters. The van der Waals surface area contributed by atoms with Crippen LogP contribution in [0.2, 0.25) is 0 Å². The lowest BCUT2D eigenvalue weighted by atomic mass is 9.97. The summed E-state index contributed by atoms with van der Waals surface area (Å²) < 4.78 is 5.00. The van der Waals surface area contributed by atoms with E-state index in [0.29, 0.717) is 17.5 Å². The van der Waals surface area contributed by atoms with Crippen molar-refractivity contribution in [3.8, 4) is 62.1 Å². The fourth-order valence-electron chi connectivity index (χ4n) is 7.91. The molecule has 0 aliphatic rings. The molecule has 0 bridgehead atoms. The van der Waals surface area contributed by atoms with Gasteiger partial charge < -0.3 is 4.57 Å². The normalized spacial score (nSPS) is 11.6. The van der Waals surface area contributed by atoms with Gasteiger partial charge in [-0.25, -0.2) is 15.0 Å². The summed E-state index contributed by atoms with van der Waals surface area (Å²) in [6.07, 6.45) is 0. The Labute approximate surface area is 327 Å². The van der Waals surface area contributed by atoms with Crippen molar-refractivity contribution in [1.29, 1.82) is 0 Å². The van der Waals surface area contributed by atoms with Crippen LogP contribution < -0.4 is 0 Å². The van der Waals surface area contributed by atoms with Crippen molar-refractivity contribution < 1.29 is 0 Å². The van der Waals surface area contributed by atoms with Gasteiger partial charge in [-0.05, 0) is 89.0 Å². The number of rotatable bonds is 6. The van der Waals surface area contributed by atoms with Crippen LogP contribution in [0.15, 0.2) is 194 Å². The van der Waals surface area contributed by atoms with Crippen LogP contribution in [0, 0.1) is 0 Å². The first-order chi connectivity index (χ1) is 27.7. The van der Waals surface area contributed by atoms with Gasteiger partial charge in [0.1, 0.15) is 0 Å². The number of aromatic nitrogens is 4. The van der Waals surface area contributed by atoms with E-state index in [-0.39, 0.29) is 0 Å². The van der Waals surface area contributed by atoms with Crippen molar-refractivity contribution in [2.24, 2.45) is 0 Å². The smallest absolute Gasteiger partial charge is 0.164 e. The average molecular weight is 733 g/mol. The molecule has 262 valence electrons. The SMILES string of the molecule is c1ccc(-c2nc(-c3ccccc3)nc(-c3ccc(-n4c5ccccc5c5cc(-c6cccc(-c7ccc8sc9ccccc9c8c7)c6)ccc54)cc3)n2)cc1. The van der Waals surface area contributed by atoms with E-state index in [4.69, 9.17) is 15.0 Å². The van der Waals surface area contributed by atoms with E-state index >= 15 is 0 Å². The summed E-state index contributed by atoms with van der Waals surface area (Å²) in [5.74, 6) is 1.95. The first-order valence-corrected chi connectivity index (χ1v) is 19.6. The van der Waals surface area contributed by atoms with Crippen molar-refractivity contribution >= 4 is 53.3 Å². The van der Waals surface area contributed by atoms with Gasteiger partial charge in [-0.2, -0.15) is 0 Å². The Balaban J connectivity index is 0.975. The molecule has 11 aromatic rings. The minimum absolute atomic E-state index is 0.641. The van der Waals surface area contributed by atoms with Crippen molar-refractivity contribution in [3.05, 3.63) is 194 Å². The third-order valence-electron chi connectivity index (χ3n) is 10.7. The molecule has 0 aliphatic heterocycles. The van der Waals surface area contributed by atoms with E-state index in [0.717, 1.165) is 33.4 Å². The zero-order chi connectivity index (χ0) is 37.0. The van der Waals surface area contributed by atoms with Gasteiger partial charge in [0.25, 0.3) is 0 Å². The standard InChI is InChI=1S/C51H32N4S/c1-3-12-33(13-4-1)49-52-50(34-14-5-2-6-15-34)54-51(53-49)35-22-26-40(27-23-35)55-45-20-9-7-18-41(45)43-31-38(24-28-46(43)55)36-16-11-17-37(30-36)39-25-29-48-44(32-39)42-19-8-10-21-47(42)56-48/h1-32H. The highest BCUT2D eigenvalue weighted by Gasteiger charge is 2.16. The molecule has 0 unspecified atom stereocenters. The lowest BCUT2D eigenvalue weighted by Gasteiger charge is -2.11. The zero-order valence-electron chi connectivity index (χ0n) is 30.2. The largest absolute Gasteiger partial charge is 0.309 e. The molecule has 0 saturated carbocycles. The van der Waals surface area contributed by atoms with E-state index in [1.807, 2.05) is 72.0 Å². The van der Waals surface area contributed by atoms with Gasteiger partial charge >= 0.3 is 0 Å². The summed E-state index contributed by atoms with van der Waals surface area (Å²) in [6, 6.07) is 68.8. The highest BCUT2D eigenvalue weighted by Crippen LogP contribution is 2.39. The third kappa shape index (κ3) is 5.56. The molecule has 0 aliphatic carbocycles. The van der Waals surface area contributed by atoms with Gasteiger partial charge in [-0.15, -0.1) is 11.3 Å². The van der Waals surface area contributed by atoms with E-state index in [1.165, 1.54) is 53.2 Å². The van der Waals surface area contributed by atoms with Crippen LogP contribution in [-0.4, -0.2) is 19.5 Å². The van der Waals surface area contributed by atoms with Gasteiger partial charge in [-0.1, -0.05) is 127 Å². The molecule has 5 heteroatoms. The average Bonchev–Trinajstić information content (AvgIpc) is 3.82. The quantitative estimate of drug-likeness (QED) is 0.171. The molecule has 3 aromatic heterocycles. The number of hydrogen-bond donors (Lipinski definition) is 0. The Bertz CT molecular complexity index is 3180. The van der Waals surface area contributed by atoms with Gasteiger partial charge in [0.15, 0.2) is 17.5 Å². The van der Waals surface area contributed by atoms with Crippen molar-refractivity contribution in [1.82, 2.24) is 19.5 Å². The second kappa shape index (κ2) is 13.3. The fourth-order valence-corrected chi connectivity index (χ4v) is 9.00. The molecule has 0 saturated heterocycles. The van der Waals surface area contributed by atoms with Crippen molar-refractivity contribution in [2.45, 2.75) is 0 Å². The zero-order valence-corrected chi connectivity index (χ0v) is 31.0. The van der Waals surface area contributed by atoms with Gasteiger partial charge in [-0.3, -0.25) is 0 Å². The summed E-state index contributed by atoms with van der Waals surface area (Å²) in [5.41, 5.74) is 11.1. The monoisotopic (exact) mass is 732 g/mol. The van der Waals surface area contributed by atoms with Crippen LogP contribution in [0.25, 0.3) is 104 Å². The van der Waals surface area contributed by atoms with E-state index < -0.39 is 0 Å². The Morgan fingerprint density at radius 1 is 0.304 bits per heavy atom. The molecule has 11 rings (SSSR count). The van der Waals surface area contributed by atoms with Crippen LogP contribution >= 0.6 is 11.3 Å². The molecular formula is C51H32N4S. The number of nitrogens with zero attached hydrogens (tertiary/aromatic N) is 4. The molecular weight excluding hydrogens is 701 g/mol. The van der Waals surface area contributed by atoms with E-state index in [1.54, 1.807) is 0 Å². The molecule has 0 amide bonds. The molecule has 3 heterocycles.